The van der Waals surface area contributed by atoms with E-state index in [2.05, 4.69) is 59.7 Å². The van der Waals surface area contributed by atoms with Crippen molar-refractivity contribution in [2.45, 2.75) is 31.8 Å². The number of hydrogen-bond donors (Lipinski definition) is 1. The predicted molar refractivity (Wildman–Crippen MR) is 74.7 cm³/mol. The summed E-state index contributed by atoms with van der Waals surface area (Å²) in [6.07, 6.45) is 8.44. The highest BCUT2D eigenvalue weighted by atomic mass is 15.0. The second kappa shape index (κ2) is 4.99. The number of hydrogen-bond acceptors (Lipinski definition) is 1. The van der Waals surface area contributed by atoms with Crippen molar-refractivity contribution in [3.63, 3.8) is 0 Å². The number of nitrogens with zero attached hydrogens (tertiary/aromatic N) is 1. The first-order valence-corrected chi connectivity index (χ1v) is 6.76. The maximum absolute atomic E-state index is 3.42. The van der Waals surface area contributed by atoms with Gasteiger partial charge in [-0.1, -0.05) is 30.3 Å². The van der Waals surface area contributed by atoms with Crippen molar-refractivity contribution in [3.05, 3.63) is 59.4 Å². The molecule has 3 rings (SSSR count). The summed E-state index contributed by atoms with van der Waals surface area (Å²) in [6.45, 7) is 0.976. The van der Waals surface area contributed by atoms with Crippen LogP contribution in [0.4, 0.5) is 0 Å². The Morgan fingerprint density at radius 3 is 2.83 bits per heavy atom. The summed E-state index contributed by atoms with van der Waals surface area (Å²) in [5.74, 6) is 0. The second-order valence-corrected chi connectivity index (χ2v) is 5.13. The van der Waals surface area contributed by atoms with E-state index in [1.165, 1.54) is 36.0 Å². The molecule has 1 N–H and O–H groups in total. The van der Waals surface area contributed by atoms with Crippen LogP contribution in [0, 0.1) is 0 Å². The molecule has 1 aliphatic carbocycles. The lowest BCUT2D eigenvalue weighted by Gasteiger charge is -2.21. The van der Waals surface area contributed by atoms with E-state index in [9.17, 15) is 0 Å². The van der Waals surface area contributed by atoms with Gasteiger partial charge in [0, 0.05) is 25.0 Å². The Morgan fingerprint density at radius 2 is 2.06 bits per heavy atom. The molecule has 1 unspecified atom stereocenters. The second-order valence-electron chi connectivity index (χ2n) is 5.13. The number of aryl methyl sites for hydroxylation is 1. The van der Waals surface area contributed by atoms with Gasteiger partial charge in [-0.3, -0.25) is 0 Å². The van der Waals surface area contributed by atoms with Crippen molar-refractivity contribution in [1.82, 2.24) is 9.88 Å². The first-order valence-electron chi connectivity index (χ1n) is 6.76. The van der Waals surface area contributed by atoms with E-state index in [1.54, 1.807) is 0 Å². The molecule has 0 aliphatic heterocycles. The van der Waals surface area contributed by atoms with Crippen LogP contribution in [0.2, 0.25) is 0 Å². The molecule has 1 aromatic carbocycles. The Morgan fingerprint density at radius 1 is 1.22 bits per heavy atom. The van der Waals surface area contributed by atoms with Crippen LogP contribution in [-0.2, 0) is 13.0 Å². The van der Waals surface area contributed by atoms with E-state index in [1.807, 2.05) is 0 Å². The Bertz CT molecular complexity index is 513. The van der Waals surface area contributed by atoms with Crippen molar-refractivity contribution in [2.75, 3.05) is 7.05 Å². The third-order valence-electron chi connectivity index (χ3n) is 3.87. The summed E-state index contributed by atoms with van der Waals surface area (Å²) in [4.78, 5) is 0. The Labute approximate surface area is 109 Å². The normalized spacial score (nSPS) is 18.6. The SMILES string of the molecule is CNC1CCCc2cn(Cc3ccccc3)cc21. The third-order valence-corrected chi connectivity index (χ3v) is 3.87. The molecule has 1 aromatic heterocycles. The summed E-state index contributed by atoms with van der Waals surface area (Å²) < 4.78 is 2.33. The van der Waals surface area contributed by atoms with Crippen molar-refractivity contribution < 1.29 is 0 Å². The van der Waals surface area contributed by atoms with E-state index in [-0.39, 0.29) is 0 Å². The van der Waals surface area contributed by atoms with E-state index in [0.29, 0.717) is 6.04 Å². The molecule has 0 spiro atoms. The zero-order valence-corrected chi connectivity index (χ0v) is 10.9. The highest BCUT2D eigenvalue weighted by Crippen LogP contribution is 2.30. The lowest BCUT2D eigenvalue weighted by atomic mass is 9.91. The molecule has 18 heavy (non-hydrogen) atoms. The van der Waals surface area contributed by atoms with E-state index < -0.39 is 0 Å². The van der Waals surface area contributed by atoms with Crippen LogP contribution in [0.15, 0.2) is 42.7 Å². The van der Waals surface area contributed by atoms with Gasteiger partial charge in [-0.2, -0.15) is 0 Å². The minimum absolute atomic E-state index is 0.547. The number of benzene rings is 1. The molecule has 0 bridgehead atoms. The van der Waals surface area contributed by atoms with E-state index in [0.717, 1.165) is 6.54 Å². The average molecular weight is 240 g/mol. The average Bonchev–Trinajstić information content (AvgIpc) is 2.82. The highest BCUT2D eigenvalue weighted by Gasteiger charge is 2.20. The smallest absolute Gasteiger partial charge is 0.0470 e. The number of rotatable bonds is 3. The molecule has 0 amide bonds. The van der Waals surface area contributed by atoms with Crippen molar-refractivity contribution >= 4 is 0 Å². The van der Waals surface area contributed by atoms with E-state index in [4.69, 9.17) is 0 Å². The van der Waals surface area contributed by atoms with Crippen LogP contribution in [0.1, 0.15) is 35.6 Å². The summed E-state index contributed by atoms with van der Waals surface area (Å²) in [6, 6.07) is 11.2. The van der Waals surface area contributed by atoms with Gasteiger partial charge in [-0.25, -0.2) is 0 Å². The molecule has 1 atom stereocenters. The van der Waals surface area contributed by atoms with Crippen LogP contribution in [0.3, 0.4) is 0 Å². The fraction of sp³-hybridized carbons (Fsp3) is 0.375. The third kappa shape index (κ3) is 2.21. The first kappa shape index (κ1) is 11.5. The molecule has 2 heteroatoms. The molecule has 2 aromatic rings. The molecule has 1 aliphatic rings. The lowest BCUT2D eigenvalue weighted by molar-refractivity contribution is 0.498. The predicted octanol–water partition coefficient (Wildman–Crippen LogP) is 3.13. The Hall–Kier alpha value is -1.54. The fourth-order valence-corrected chi connectivity index (χ4v) is 2.93. The summed E-state index contributed by atoms with van der Waals surface area (Å²) in [7, 11) is 2.06. The molecule has 0 radical (unpaired) electrons. The quantitative estimate of drug-likeness (QED) is 0.872. The van der Waals surface area contributed by atoms with Crippen LogP contribution >= 0.6 is 0 Å². The Balaban J connectivity index is 1.84. The first-order chi connectivity index (χ1) is 8.86. The zero-order valence-electron chi connectivity index (χ0n) is 10.9. The van der Waals surface area contributed by atoms with Gasteiger partial charge in [0.15, 0.2) is 0 Å². The van der Waals surface area contributed by atoms with Gasteiger partial charge >= 0.3 is 0 Å². The minimum Gasteiger partial charge on any atom is -0.349 e. The van der Waals surface area contributed by atoms with Gasteiger partial charge in [0.25, 0.3) is 0 Å². The van der Waals surface area contributed by atoms with Gasteiger partial charge in [-0.15, -0.1) is 0 Å². The van der Waals surface area contributed by atoms with Crippen LogP contribution < -0.4 is 5.32 Å². The van der Waals surface area contributed by atoms with E-state index >= 15 is 0 Å². The number of nitrogens with one attached hydrogen (secondary N) is 1. The van der Waals surface area contributed by atoms with Crippen molar-refractivity contribution in [2.24, 2.45) is 0 Å². The molecule has 0 saturated heterocycles. The van der Waals surface area contributed by atoms with Gasteiger partial charge in [-0.05, 0) is 43.0 Å². The standard InChI is InChI=1S/C16H20N2/c1-17-16-9-5-8-14-11-18(12-15(14)16)10-13-6-3-2-4-7-13/h2-4,6-7,11-12,16-17H,5,8-10H2,1H3. The molecular weight excluding hydrogens is 220 g/mol. The van der Waals surface area contributed by atoms with Gasteiger partial charge < -0.3 is 9.88 Å². The summed E-state index contributed by atoms with van der Waals surface area (Å²) >= 11 is 0. The fourth-order valence-electron chi connectivity index (χ4n) is 2.93. The van der Waals surface area contributed by atoms with Crippen molar-refractivity contribution in [1.29, 1.82) is 0 Å². The largest absolute Gasteiger partial charge is 0.349 e. The molecule has 94 valence electrons. The monoisotopic (exact) mass is 240 g/mol. The zero-order chi connectivity index (χ0) is 12.4. The van der Waals surface area contributed by atoms with Gasteiger partial charge in [0.1, 0.15) is 0 Å². The maximum atomic E-state index is 3.42. The van der Waals surface area contributed by atoms with Gasteiger partial charge in [0.05, 0.1) is 0 Å². The molecule has 2 nitrogen and oxygen atoms in total. The highest BCUT2D eigenvalue weighted by molar-refractivity contribution is 5.31. The molecule has 0 saturated carbocycles. The molecule has 1 heterocycles. The van der Waals surface area contributed by atoms with Crippen molar-refractivity contribution in [3.8, 4) is 0 Å². The molecule has 0 fully saturated rings. The molecular formula is C16H20N2. The number of aromatic nitrogens is 1. The maximum Gasteiger partial charge on any atom is 0.0470 e. The topological polar surface area (TPSA) is 17.0 Å². The Kier molecular flexibility index (Phi) is 3.20. The lowest BCUT2D eigenvalue weighted by Crippen LogP contribution is -2.20. The van der Waals surface area contributed by atoms with Crippen LogP contribution in [0.25, 0.3) is 0 Å². The minimum atomic E-state index is 0.547. The van der Waals surface area contributed by atoms with Crippen LogP contribution in [-0.4, -0.2) is 11.6 Å². The number of fused-ring (bicyclic) bond motifs is 1. The summed E-state index contributed by atoms with van der Waals surface area (Å²) in [5, 5.41) is 3.42. The van der Waals surface area contributed by atoms with Crippen LogP contribution in [0.5, 0.6) is 0 Å². The summed E-state index contributed by atoms with van der Waals surface area (Å²) in [5.41, 5.74) is 4.39. The van der Waals surface area contributed by atoms with Gasteiger partial charge in [0.2, 0.25) is 0 Å².